The first kappa shape index (κ1) is 27.1. The molecular formula is C30H41N3O4. The van der Waals surface area contributed by atoms with Gasteiger partial charge in [-0.15, -0.1) is 0 Å². The third kappa shape index (κ3) is 7.33. The Morgan fingerprint density at radius 2 is 1.89 bits per heavy atom. The molecule has 7 heteroatoms. The summed E-state index contributed by atoms with van der Waals surface area (Å²) in [5.74, 6) is 0.692. The number of rotatable bonds is 8. The van der Waals surface area contributed by atoms with Gasteiger partial charge in [0.05, 0.1) is 19.6 Å². The highest BCUT2D eigenvalue weighted by Crippen LogP contribution is 2.31. The zero-order valence-electron chi connectivity index (χ0n) is 22.7. The van der Waals surface area contributed by atoms with E-state index in [4.69, 9.17) is 9.47 Å². The van der Waals surface area contributed by atoms with E-state index < -0.39 is 0 Å². The molecule has 1 saturated carbocycles. The number of amides is 1. The summed E-state index contributed by atoms with van der Waals surface area (Å²) in [6.07, 6.45) is 3.62. The molecular weight excluding hydrogens is 466 g/mol. The summed E-state index contributed by atoms with van der Waals surface area (Å²) in [7, 11) is 3.29. The van der Waals surface area contributed by atoms with Crippen molar-refractivity contribution in [1.82, 2.24) is 10.2 Å². The van der Waals surface area contributed by atoms with Crippen molar-refractivity contribution >= 4 is 17.6 Å². The Morgan fingerprint density at radius 3 is 2.59 bits per heavy atom. The maximum Gasteiger partial charge on any atom is 0.309 e. The van der Waals surface area contributed by atoms with Crippen LogP contribution in [0.15, 0.2) is 42.5 Å². The molecule has 1 aliphatic carbocycles. The summed E-state index contributed by atoms with van der Waals surface area (Å²) in [4.78, 5) is 29.2. The molecule has 37 heavy (non-hydrogen) atoms. The van der Waals surface area contributed by atoms with Crippen LogP contribution in [-0.4, -0.2) is 62.7 Å². The van der Waals surface area contributed by atoms with Gasteiger partial charge in [-0.2, -0.15) is 0 Å². The average Bonchev–Trinajstić information content (AvgIpc) is 2.89. The van der Waals surface area contributed by atoms with Crippen molar-refractivity contribution in [3.8, 4) is 5.75 Å². The van der Waals surface area contributed by atoms with Crippen molar-refractivity contribution in [2.24, 2.45) is 5.92 Å². The van der Waals surface area contributed by atoms with Crippen LogP contribution in [0.25, 0.3) is 0 Å². The van der Waals surface area contributed by atoms with Crippen molar-refractivity contribution in [2.75, 3.05) is 38.7 Å². The van der Waals surface area contributed by atoms with Gasteiger partial charge < -0.3 is 19.7 Å². The quantitative estimate of drug-likeness (QED) is 0.543. The van der Waals surface area contributed by atoms with Crippen LogP contribution in [0.4, 0.5) is 5.69 Å². The zero-order chi connectivity index (χ0) is 26.4. The molecule has 200 valence electrons. The number of methoxy groups -OCH3 is 1. The van der Waals surface area contributed by atoms with Crippen LogP contribution >= 0.6 is 0 Å². The van der Waals surface area contributed by atoms with Gasteiger partial charge >= 0.3 is 5.97 Å². The number of carbonyl (C=O) groups excluding carboxylic acids is 2. The number of piperazine rings is 1. The van der Waals surface area contributed by atoms with E-state index in [1.54, 1.807) is 0 Å². The maximum atomic E-state index is 13.3. The Balaban J connectivity index is 1.28. The molecule has 2 aromatic rings. The molecule has 7 nitrogen and oxygen atoms in total. The first-order chi connectivity index (χ1) is 17.8. The number of hydrogen-bond donors (Lipinski definition) is 1. The minimum atomic E-state index is -0.265. The van der Waals surface area contributed by atoms with E-state index in [-0.39, 0.29) is 30.3 Å². The van der Waals surface area contributed by atoms with Gasteiger partial charge in [-0.25, -0.2) is 0 Å². The van der Waals surface area contributed by atoms with Crippen molar-refractivity contribution in [1.29, 1.82) is 0 Å². The Morgan fingerprint density at radius 1 is 1.11 bits per heavy atom. The van der Waals surface area contributed by atoms with Gasteiger partial charge in [0.25, 0.3) is 0 Å². The van der Waals surface area contributed by atoms with Gasteiger partial charge in [-0.05, 0) is 80.5 Å². The second-order valence-electron chi connectivity index (χ2n) is 10.6. The molecule has 1 N–H and O–H groups in total. The third-order valence-corrected chi connectivity index (χ3v) is 7.69. The monoisotopic (exact) mass is 507 g/mol. The van der Waals surface area contributed by atoms with Crippen LogP contribution in [-0.2, 0) is 27.3 Å². The normalized spacial score (nSPS) is 22.3. The molecule has 0 bridgehead atoms. The van der Waals surface area contributed by atoms with Gasteiger partial charge in [-0.3, -0.25) is 14.5 Å². The first-order valence-electron chi connectivity index (χ1n) is 13.5. The summed E-state index contributed by atoms with van der Waals surface area (Å²) in [5, 5.41) is 3.50. The lowest BCUT2D eigenvalue weighted by atomic mass is 9.86. The number of nitrogens with zero attached hydrogens (tertiary/aromatic N) is 2. The highest BCUT2D eigenvalue weighted by molar-refractivity contribution is 5.94. The molecule has 0 spiro atoms. The largest absolute Gasteiger partial charge is 0.490 e. The highest BCUT2D eigenvalue weighted by Gasteiger charge is 2.30. The molecule has 1 heterocycles. The summed E-state index contributed by atoms with van der Waals surface area (Å²) in [5.41, 5.74) is 4.39. The molecule has 1 saturated heterocycles. The van der Waals surface area contributed by atoms with E-state index in [0.29, 0.717) is 6.04 Å². The van der Waals surface area contributed by atoms with Crippen molar-refractivity contribution in [3.63, 3.8) is 0 Å². The molecule has 1 amide bonds. The van der Waals surface area contributed by atoms with Gasteiger partial charge in [0.1, 0.15) is 5.75 Å². The average molecular weight is 508 g/mol. The molecule has 1 atom stereocenters. The topological polar surface area (TPSA) is 71.1 Å². The molecule has 0 radical (unpaired) electrons. The lowest BCUT2D eigenvalue weighted by Crippen LogP contribution is -2.48. The highest BCUT2D eigenvalue weighted by atomic mass is 16.5. The molecule has 4 rings (SSSR count). The molecule has 0 aromatic heterocycles. The molecule has 2 fully saturated rings. The van der Waals surface area contributed by atoms with Crippen LogP contribution in [0.2, 0.25) is 0 Å². The minimum absolute atomic E-state index is 0.0119. The number of hydrogen-bond acceptors (Lipinski definition) is 6. The van der Waals surface area contributed by atoms with E-state index >= 15 is 0 Å². The summed E-state index contributed by atoms with van der Waals surface area (Å²) in [6.45, 7) is 8.48. The first-order valence-corrected chi connectivity index (χ1v) is 13.5. The Kier molecular flexibility index (Phi) is 9.22. The van der Waals surface area contributed by atoms with Gasteiger partial charge in [0.2, 0.25) is 5.91 Å². The Hall–Kier alpha value is -2.90. The van der Waals surface area contributed by atoms with E-state index in [1.807, 2.05) is 36.2 Å². The standard InChI is InChI=1S/C30H41N3O4/c1-21-16-26(11-8-25(21)20-33-15-14-31-22(2)19-33)32(3)30(35)24-9-12-27(13-10-24)37-28-7-5-6-23(17-28)18-29(34)36-4/h5-8,11,16-17,22,24,27,31H,9-10,12-15,18-20H2,1-4H3/t22-,24?,27?/m0/s1. The van der Waals surface area contributed by atoms with Crippen LogP contribution in [0.3, 0.4) is 0 Å². The maximum absolute atomic E-state index is 13.3. The van der Waals surface area contributed by atoms with Crippen molar-refractivity contribution in [2.45, 2.75) is 64.6 Å². The van der Waals surface area contributed by atoms with Gasteiger partial charge in [0.15, 0.2) is 0 Å². The van der Waals surface area contributed by atoms with Crippen LogP contribution in [0.5, 0.6) is 5.75 Å². The van der Waals surface area contributed by atoms with Crippen molar-refractivity contribution in [3.05, 3.63) is 59.2 Å². The lowest BCUT2D eigenvalue weighted by molar-refractivity contribution is -0.139. The number of aryl methyl sites for hydroxylation is 1. The molecule has 1 aliphatic heterocycles. The number of benzene rings is 2. The fourth-order valence-electron chi connectivity index (χ4n) is 5.45. The number of ether oxygens (including phenoxy) is 2. The SMILES string of the molecule is COC(=O)Cc1cccc(OC2CCC(C(=O)N(C)c3ccc(CN4CCN[C@@H](C)C4)c(C)c3)CC2)c1. The molecule has 2 aliphatic rings. The summed E-state index contributed by atoms with van der Waals surface area (Å²) < 4.78 is 11.0. The van der Waals surface area contributed by atoms with E-state index in [9.17, 15) is 9.59 Å². The lowest BCUT2D eigenvalue weighted by Gasteiger charge is -2.32. The fraction of sp³-hybridized carbons (Fsp3) is 0.533. The van der Waals surface area contributed by atoms with E-state index in [2.05, 4.69) is 42.3 Å². The second-order valence-corrected chi connectivity index (χ2v) is 10.6. The van der Waals surface area contributed by atoms with Crippen molar-refractivity contribution < 1.29 is 19.1 Å². The van der Waals surface area contributed by atoms with Gasteiger partial charge in [0, 0.05) is 50.9 Å². The third-order valence-electron chi connectivity index (χ3n) is 7.69. The Labute approximate surface area is 221 Å². The summed E-state index contributed by atoms with van der Waals surface area (Å²) >= 11 is 0. The predicted octanol–water partition coefficient (Wildman–Crippen LogP) is 4.10. The van der Waals surface area contributed by atoms with E-state index in [1.165, 1.54) is 18.2 Å². The predicted molar refractivity (Wildman–Crippen MR) is 146 cm³/mol. The number of anilines is 1. The number of nitrogens with one attached hydrogen (secondary N) is 1. The van der Waals surface area contributed by atoms with Gasteiger partial charge in [-0.1, -0.05) is 18.2 Å². The Bertz CT molecular complexity index is 1080. The summed E-state index contributed by atoms with van der Waals surface area (Å²) in [6, 6.07) is 14.5. The molecule has 2 aromatic carbocycles. The van der Waals surface area contributed by atoms with E-state index in [0.717, 1.165) is 68.9 Å². The van der Waals surface area contributed by atoms with Crippen LogP contribution in [0, 0.1) is 12.8 Å². The zero-order valence-corrected chi connectivity index (χ0v) is 22.7. The second kappa shape index (κ2) is 12.6. The minimum Gasteiger partial charge on any atom is -0.490 e. The number of carbonyl (C=O) groups is 2. The van der Waals surface area contributed by atoms with Crippen LogP contribution in [0.1, 0.15) is 49.3 Å². The van der Waals surface area contributed by atoms with Crippen LogP contribution < -0.4 is 15.0 Å². The fourth-order valence-corrected chi connectivity index (χ4v) is 5.45. The number of esters is 1. The smallest absolute Gasteiger partial charge is 0.309 e. The molecule has 0 unspecified atom stereocenters.